The highest BCUT2D eigenvalue weighted by Crippen LogP contribution is 2.01. The van der Waals surface area contributed by atoms with Crippen LogP contribution in [0.2, 0.25) is 0 Å². The molecule has 0 saturated carbocycles. The Bertz CT molecular complexity index is 528. The summed E-state index contributed by atoms with van der Waals surface area (Å²) in [6, 6.07) is 6.38. The molecular formula is C8H4O3Si. The van der Waals surface area contributed by atoms with Crippen LogP contribution in [0.25, 0.3) is 10.8 Å². The van der Waals surface area contributed by atoms with Crippen molar-refractivity contribution >= 4 is 19.1 Å². The van der Waals surface area contributed by atoms with Gasteiger partial charge in [-0.1, -0.05) is 24.3 Å². The lowest BCUT2D eigenvalue weighted by atomic mass is 10.2. The van der Waals surface area contributed by atoms with E-state index in [-0.39, 0.29) is 0 Å². The second-order valence-corrected chi connectivity index (χ2v) is 4.10. The lowest BCUT2D eigenvalue weighted by molar-refractivity contribution is 0.577. The van der Waals surface area contributed by atoms with Crippen LogP contribution in [0.5, 0.6) is 0 Å². The van der Waals surface area contributed by atoms with Crippen LogP contribution in [-0.4, -0.2) is 8.28 Å². The van der Waals surface area contributed by atoms with E-state index in [0.717, 1.165) is 0 Å². The van der Waals surface area contributed by atoms with E-state index in [1.54, 1.807) is 12.1 Å². The van der Waals surface area contributed by atoms with Gasteiger partial charge in [-0.2, -0.15) is 0 Å². The summed E-state index contributed by atoms with van der Waals surface area (Å²) >= 11 is 0. The van der Waals surface area contributed by atoms with Crippen LogP contribution >= 0.6 is 0 Å². The second-order valence-electron chi connectivity index (χ2n) is 2.53. The summed E-state index contributed by atoms with van der Waals surface area (Å²) in [5.41, 5.74) is 0. The number of benzene rings is 1. The predicted molar refractivity (Wildman–Crippen MR) is 45.3 cm³/mol. The molecule has 1 aromatic heterocycles. The quantitative estimate of drug-likeness (QED) is 0.528. The number of hydrogen-bond donors (Lipinski definition) is 0. The molecule has 3 nitrogen and oxygen atoms in total. The first-order valence-corrected chi connectivity index (χ1v) is 4.85. The van der Waals surface area contributed by atoms with Crippen LogP contribution in [0, 0.1) is 0 Å². The van der Waals surface area contributed by atoms with Gasteiger partial charge in [-0.05, 0) is 0 Å². The smallest absolute Gasteiger partial charge is 0.369 e. The van der Waals surface area contributed by atoms with Gasteiger partial charge in [-0.15, -0.1) is 0 Å². The molecule has 0 aliphatic carbocycles. The Hall–Kier alpha value is -1.42. The highest BCUT2D eigenvalue weighted by Gasteiger charge is 2.11. The first kappa shape index (κ1) is 7.24. The molecule has 0 bridgehead atoms. The van der Waals surface area contributed by atoms with E-state index >= 15 is 0 Å². The van der Waals surface area contributed by atoms with Crippen molar-refractivity contribution in [2.75, 3.05) is 0 Å². The molecule has 1 aromatic carbocycles. The third-order valence-corrected chi connectivity index (χ3v) is 3.19. The van der Waals surface area contributed by atoms with Gasteiger partial charge in [0.15, 0.2) is 0 Å². The molecule has 0 unspecified atom stereocenters. The van der Waals surface area contributed by atoms with E-state index in [1.165, 1.54) is 12.1 Å². The minimum atomic E-state index is -2.70. The summed E-state index contributed by atoms with van der Waals surface area (Å²) in [4.78, 5) is 22.2. The van der Waals surface area contributed by atoms with Crippen molar-refractivity contribution in [2.45, 2.75) is 0 Å². The van der Waals surface area contributed by atoms with Crippen molar-refractivity contribution in [3.63, 3.8) is 0 Å². The maximum absolute atomic E-state index is 11.1. The van der Waals surface area contributed by atoms with E-state index in [9.17, 15) is 14.1 Å². The zero-order valence-electron chi connectivity index (χ0n) is 6.03. The first-order chi connectivity index (χ1) is 5.72. The van der Waals surface area contributed by atoms with E-state index in [2.05, 4.69) is 0 Å². The topological polar surface area (TPSA) is 51.2 Å². The molecule has 0 atom stereocenters. The van der Waals surface area contributed by atoms with Crippen molar-refractivity contribution in [3.05, 3.63) is 43.9 Å². The molecule has 0 fully saturated rings. The van der Waals surface area contributed by atoms with Crippen molar-refractivity contribution in [1.82, 2.24) is 0 Å². The average Bonchev–Trinajstić information content (AvgIpc) is 2.33. The largest absolute Gasteiger partial charge is 0.432 e. The van der Waals surface area contributed by atoms with Crippen LogP contribution in [0.1, 0.15) is 0 Å². The Kier molecular flexibility index (Phi) is 1.38. The van der Waals surface area contributed by atoms with Crippen molar-refractivity contribution in [1.29, 1.82) is 0 Å². The number of fused-ring (bicyclic) bond motifs is 1. The van der Waals surface area contributed by atoms with Crippen LogP contribution in [0.3, 0.4) is 0 Å². The summed E-state index contributed by atoms with van der Waals surface area (Å²) in [5, 5.41) is -0.376. The minimum Gasteiger partial charge on any atom is -0.369 e. The number of hydrogen-bond acceptors (Lipinski definition) is 3. The third kappa shape index (κ3) is 0.753. The van der Waals surface area contributed by atoms with Gasteiger partial charge >= 0.3 is 8.28 Å². The SMILES string of the molecule is O=c1c2ccccc2c(=O)[si]1=O. The molecule has 0 radical (unpaired) electrons. The minimum absolute atomic E-state index is 0.311. The normalized spacial score (nSPS) is 10.7. The first-order valence-electron chi connectivity index (χ1n) is 3.44. The lowest BCUT2D eigenvalue weighted by Gasteiger charge is -1.81. The maximum atomic E-state index is 11.1. The summed E-state index contributed by atoms with van der Waals surface area (Å²) in [5.74, 6) is 0. The van der Waals surface area contributed by atoms with Crippen LogP contribution < -0.4 is 10.1 Å². The second kappa shape index (κ2) is 2.28. The van der Waals surface area contributed by atoms with E-state index < -0.39 is 18.4 Å². The van der Waals surface area contributed by atoms with E-state index in [0.29, 0.717) is 10.8 Å². The molecule has 58 valence electrons. The predicted octanol–water partition coefficient (Wildman–Crippen LogP) is -0.0638. The van der Waals surface area contributed by atoms with Gasteiger partial charge in [-0.3, -0.25) is 9.59 Å². The van der Waals surface area contributed by atoms with Gasteiger partial charge in [0.25, 0.3) is 0 Å². The summed E-state index contributed by atoms with van der Waals surface area (Å²) in [7, 11) is -2.70. The monoisotopic (exact) mass is 176 g/mol. The van der Waals surface area contributed by atoms with E-state index in [4.69, 9.17) is 0 Å². The van der Waals surface area contributed by atoms with Crippen molar-refractivity contribution in [2.24, 2.45) is 0 Å². The standard InChI is InChI=1S/C8H4O3Si/c9-7-5-3-1-2-4-6(5)8(10)12(7)11/h1-4H. The Morgan fingerprint density at radius 1 is 0.917 bits per heavy atom. The molecule has 0 spiro atoms. The van der Waals surface area contributed by atoms with Crippen LogP contribution in [0.15, 0.2) is 33.9 Å². The van der Waals surface area contributed by atoms with Crippen molar-refractivity contribution < 1.29 is 4.46 Å². The van der Waals surface area contributed by atoms with Gasteiger partial charge in [0.05, 0.1) is 0 Å². The molecule has 0 N–H and O–H groups in total. The number of rotatable bonds is 0. The molecule has 0 aliphatic rings. The van der Waals surface area contributed by atoms with Gasteiger partial charge in [0.2, 0.25) is 10.1 Å². The molecule has 12 heavy (non-hydrogen) atoms. The fourth-order valence-corrected chi connectivity index (χ4v) is 2.36. The molecular weight excluding hydrogens is 172 g/mol. The molecule has 2 rings (SSSR count). The maximum Gasteiger partial charge on any atom is 0.432 e. The molecule has 0 aliphatic heterocycles. The highest BCUT2D eigenvalue weighted by atomic mass is 28.2. The molecule has 0 amide bonds. The van der Waals surface area contributed by atoms with Gasteiger partial charge in [-0.25, -0.2) is 0 Å². The van der Waals surface area contributed by atoms with E-state index in [1.807, 2.05) is 0 Å². The summed E-state index contributed by atoms with van der Waals surface area (Å²) < 4.78 is 11.0. The van der Waals surface area contributed by atoms with Crippen LogP contribution in [0.4, 0.5) is 0 Å². The summed E-state index contributed by atoms with van der Waals surface area (Å²) in [6.07, 6.45) is 0. The fourth-order valence-electron chi connectivity index (χ4n) is 1.23. The zero-order chi connectivity index (χ0) is 8.72. The van der Waals surface area contributed by atoms with Gasteiger partial charge in [0, 0.05) is 10.8 Å². The Morgan fingerprint density at radius 2 is 1.33 bits per heavy atom. The Labute approximate surface area is 68.2 Å². The van der Waals surface area contributed by atoms with Crippen LogP contribution in [-0.2, 0) is 4.46 Å². The Balaban J connectivity index is 3.33. The lowest BCUT2D eigenvalue weighted by Crippen LogP contribution is -2.14. The van der Waals surface area contributed by atoms with Crippen molar-refractivity contribution in [3.8, 4) is 0 Å². The highest BCUT2D eigenvalue weighted by molar-refractivity contribution is 6.39. The molecule has 4 heteroatoms. The third-order valence-electron chi connectivity index (χ3n) is 1.83. The van der Waals surface area contributed by atoms with Gasteiger partial charge < -0.3 is 4.46 Å². The zero-order valence-corrected chi connectivity index (χ0v) is 7.03. The van der Waals surface area contributed by atoms with Gasteiger partial charge in [0.1, 0.15) is 0 Å². The molecule has 2 aromatic rings. The molecule has 1 heterocycles. The fraction of sp³-hybridized carbons (Fsp3) is 0. The molecule has 0 saturated heterocycles. The average molecular weight is 176 g/mol. The summed E-state index contributed by atoms with van der Waals surface area (Å²) in [6.45, 7) is 0. The Morgan fingerprint density at radius 3 is 1.75 bits per heavy atom.